The minimum absolute atomic E-state index is 0.0123. The number of hydrogen-bond acceptors (Lipinski definition) is 5. The van der Waals surface area contributed by atoms with Crippen LogP contribution < -0.4 is 22.1 Å². The number of hydrogen-bond donors (Lipinski definition) is 4. The van der Waals surface area contributed by atoms with Gasteiger partial charge in [0.05, 0.1) is 12.1 Å². The zero-order valence-corrected chi connectivity index (χ0v) is 17.7. The molecule has 30 heavy (non-hydrogen) atoms. The van der Waals surface area contributed by atoms with E-state index in [2.05, 4.69) is 15.6 Å². The summed E-state index contributed by atoms with van der Waals surface area (Å²) in [4.78, 5) is 43.3. The maximum Gasteiger partial charge on any atom is 0.243 e. The third kappa shape index (κ3) is 5.50. The summed E-state index contributed by atoms with van der Waals surface area (Å²) < 4.78 is 0. The molecule has 0 spiro atoms. The molecule has 9 nitrogen and oxygen atoms in total. The Labute approximate surface area is 178 Å². The Balaban J connectivity index is 1.57. The van der Waals surface area contributed by atoms with Gasteiger partial charge in [-0.05, 0) is 56.9 Å². The van der Waals surface area contributed by atoms with Gasteiger partial charge in [-0.1, -0.05) is 19.3 Å². The maximum absolute atomic E-state index is 13.4. The highest BCUT2D eigenvalue weighted by Gasteiger charge is 2.43. The minimum Gasteiger partial charge on any atom is -0.370 e. The number of aldehydes is 1. The van der Waals surface area contributed by atoms with Crippen LogP contribution in [0.4, 0.5) is 0 Å². The molecule has 0 aromatic carbocycles. The van der Waals surface area contributed by atoms with Crippen molar-refractivity contribution in [2.75, 3.05) is 19.6 Å². The van der Waals surface area contributed by atoms with Crippen LogP contribution in [0.15, 0.2) is 4.99 Å². The van der Waals surface area contributed by atoms with Crippen molar-refractivity contribution < 1.29 is 14.4 Å². The van der Waals surface area contributed by atoms with Gasteiger partial charge in [-0.15, -0.1) is 0 Å². The lowest BCUT2D eigenvalue weighted by molar-refractivity contribution is -0.143. The highest BCUT2D eigenvalue weighted by molar-refractivity contribution is 5.91. The summed E-state index contributed by atoms with van der Waals surface area (Å²) in [5.41, 5.74) is 10.6. The first kappa shape index (κ1) is 22.5. The van der Waals surface area contributed by atoms with Gasteiger partial charge in [0.25, 0.3) is 0 Å². The van der Waals surface area contributed by atoms with Crippen LogP contribution in [0.1, 0.15) is 57.8 Å². The largest absolute Gasteiger partial charge is 0.370 e. The molecule has 6 N–H and O–H groups in total. The molecule has 3 fully saturated rings. The molecular formula is C21H36N6O3. The van der Waals surface area contributed by atoms with Crippen molar-refractivity contribution in [1.29, 1.82) is 0 Å². The first-order valence-corrected chi connectivity index (χ1v) is 11.4. The lowest BCUT2D eigenvalue weighted by Gasteiger charge is -2.43. The molecule has 0 bridgehead atoms. The van der Waals surface area contributed by atoms with Crippen LogP contribution in [0.2, 0.25) is 0 Å². The monoisotopic (exact) mass is 420 g/mol. The summed E-state index contributed by atoms with van der Waals surface area (Å²) in [7, 11) is 0. The van der Waals surface area contributed by atoms with Crippen molar-refractivity contribution in [2.24, 2.45) is 28.3 Å². The number of nitrogens with zero attached hydrogens (tertiary/aromatic N) is 2. The summed E-state index contributed by atoms with van der Waals surface area (Å²) in [5, 5.41) is 6.25. The smallest absolute Gasteiger partial charge is 0.243 e. The van der Waals surface area contributed by atoms with Gasteiger partial charge in [0, 0.05) is 13.1 Å². The van der Waals surface area contributed by atoms with E-state index in [4.69, 9.17) is 11.5 Å². The molecule has 0 aromatic heterocycles. The Morgan fingerprint density at radius 1 is 1.17 bits per heavy atom. The van der Waals surface area contributed by atoms with Crippen LogP contribution >= 0.6 is 0 Å². The predicted molar refractivity (Wildman–Crippen MR) is 114 cm³/mol. The molecule has 0 unspecified atom stereocenters. The molecule has 3 rings (SSSR count). The van der Waals surface area contributed by atoms with Gasteiger partial charge < -0.3 is 31.8 Å². The van der Waals surface area contributed by atoms with E-state index >= 15 is 0 Å². The van der Waals surface area contributed by atoms with Crippen molar-refractivity contribution in [3.8, 4) is 0 Å². The van der Waals surface area contributed by atoms with Crippen molar-refractivity contribution in [1.82, 2.24) is 15.5 Å². The van der Waals surface area contributed by atoms with Gasteiger partial charge in [0.1, 0.15) is 12.3 Å². The third-order valence-corrected chi connectivity index (χ3v) is 6.84. The molecule has 9 heteroatoms. The fourth-order valence-corrected chi connectivity index (χ4v) is 5.33. The molecule has 168 valence electrons. The fraction of sp³-hybridized carbons (Fsp3) is 0.810. The number of carbonyl (C=O) groups excluding carboxylic acids is 3. The molecule has 1 aliphatic carbocycles. The molecule has 1 saturated carbocycles. The van der Waals surface area contributed by atoms with E-state index in [-0.39, 0.29) is 23.8 Å². The Hall–Kier alpha value is -2.16. The van der Waals surface area contributed by atoms with E-state index in [1.807, 2.05) is 0 Å². The lowest BCUT2D eigenvalue weighted by atomic mass is 9.71. The van der Waals surface area contributed by atoms with Crippen molar-refractivity contribution in [3.63, 3.8) is 0 Å². The lowest BCUT2D eigenvalue weighted by Crippen LogP contribution is -2.59. The SMILES string of the molecule is NC(N)=NCCC[C@@H](C=O)NC(=O)[C@@H]1CCCN1C(=O)[C@@H]1NCC[C@H]2CCCC[C@H]21. The predicted octanol–water partition coefficient (Wildman–Crippen LogP) is -0.117. The molecule has 2 saturated heterocycles. The number of piperidine rings is 1. The molecule has 2 amide bonds. The van der Waals surface area contributed by atoms with Gasteiger partial charge >= 0.3 is 0 Å². The number of guanidine groups is 1. The molecule has 0 aromatic rings. The second-order valence-electron chi connectivity index (χ2n) is 8.82. The standard InChI is InChI=1S/C21H36N6O3/c22-21(23)25-10-3-6-15(13-28)26-19(29)17-8-4-12-27(17)20(30)18-16-7-2-1-5-14(16)9-11-24-18/h13-18,24H,1-12H2,(H,26,29)(H4,22,23,25)/t14-,15+,16-,17+,18-/m1/s1. The van der Waals surface area contributed by atoms with Gasteiger partial charge in [0.15, 0.2) is 5.96 Å². The van der Waals surface area contributed by atoms with E-state index in [1.54, 1.807) is 4.90 Å². The zero-order chi connectivity index (χ0) is 21.5. The van der Waals surface area contributed by atoms with Crippen LogP contribution in [0.5, 0.6) is 0 Å². The van der Waals surface area contributed by atoms with E-state index in [0.717, 1.165) is 32.1 Å². The van der Waals surface area contributed by atoms with Crippen molar-refractivity contribution in [3.05, 3.63) is 0 Å². The minimum atomic E-state index is -0.597. The van der Waals surface area contributed by atoms with E-state index in [0.29, 0.717) is 44.2 Å². The molecule has 2 aliphatic heterocycles. The quantitative estimate of drug-likeness (QED) is 0.187. The number of amides is 2. The molecule has 0 radical (unpaired) electrons. The van der Waals surface area contributed by atoms with E-state index in [9.17, 15) is 14.4 Å². The van der Waals surface area contributed by atoms with Gasteiger partial charge in [-0.2, -0.15) is 0 Å². The summed E-state index contributed by atoms with van der Waals surface area (Å²) in [6.45, 7) is 1.88. The second kappa shape index (κ2) is 10.7. The van der Waals surface area contributed by atoms with Gasteiger partial charge in [-0.3, -0.25) is 14.6 Å². The first-order valence-electron chi connectivity index (χ1n) is 11.4. The number of carbonyl (C=O) groups is 3. The molecule has 5 atom stereocenters. The zero-order valence-electron chi connectivity index (χ0n) is 17.7. The summed E-state index contributed by atoms with van der Waals surface area (Å²) in [6, 6.07) is -1.28. The van der Waals surface area contributed by atoms with Crippen LogP contribution in [-0.4, -0.2) is 66.7 Å². The number of nitrogens with one attached hydrogen (secondary N) is 2. The number of aliphatic imine (C=N–C) groups is 1. The summed E-state index contributed by atoms with van der Waals surface area (Å²) in [5.74, 6) is 0.824. The van der Waals surface area contributed by atoms with Crippen molar-refractivity contribution >= 4 is 24.1 Å². The molecule has 3 aliphatic rings. The van der Waals surface area contributed by atoms with E-state index < -0.39 is 12.1 Å². The third-order valence-electron chi connectivity index (χ3n) is 6.84. The average Bonchev–Trinajstić information content (AvgIpc) is 3.24. The molecular weight excluding hydrogens is 384 g/mol. The fourth-order valence-electron chi connectivity index (χ4n) is 5.33. The summed E-state index contributed by atoms with van der Waals surface area (Å²) in [6.07, 6.45) is 9.10. The van der Waals surface area contributed by atoms with Crippen LogP contribution in [0, 0.1) is 11.8 Å². The average molecular weight is 421 g/mol. The maximum atomic E-state index is 13.4. The number of fused-ring (bicyclic) bond motifs is 1. The normalized spacial score (nSPS) is 29.5. The molecule has 2 heterocycles. The van der Waals surface area contributed by atoms with Gasteiger partial charge in [0.2, 0.25) is 11.8 Å². The number of likely N-dealkylation sites (tertiary alicyclic amines) is 1. The Morgan fingerprint density at radius 3 is 2.73 bits per heavy atom. The van der Waals surface area contributed by atoms with Gasteiger partial charge in [-0.25, -0.2) is 0 Å². The van der Waals surface area contributed by atoms with E-state index in [1.165, 1.54) is 19.3 Å². The number of rotatable bonds is 8. The van der Waals surface area contributed by atoms with Crippen LogP contribution in [-0.2, 0) is 14.4 Å². The Kier molecular flexibility index (Phi) is 8.07. The Morgan fingerprint density at radius 2 is 1.97 bits per heavy atom. The second-order valence-corrected chi connectivity index (χ2v) is 8.82. The topological polar surface area (TPSA) is 143 Å². The number of nitrogens with two attached hydrogens (primary N) is 2. The highest BCUT2D eigenvalue weighted by atomic mass is 16.2. The van der Waals surface area contributed by atoms with Crippen LogP contribution in [0.3, 0.4) is 0 Å². The summed E-state index contributed by atoms with van der Waals surface area (Å²) >= 11 is 0. The van der Waals surface area contributed by atoms with Crippen molar-refractivity contribution in [2.45, 2.75) is 75.9 Å². The van der Waals surface area contributed by atoms with Crippen LogP contribution in [0.25, 0.3) is 0 Å². The highest BCUT2D eigenvalue weighted by Crippen LogP contribution is 2.37. The Bertz CT molecular complexity index is 649. The first-order chi connectivity index (χ1) is 14.5.